The molecule has 0 saturated carbocycles. The van der Waals surface area contributed by atoms with Gasteiger partial charge in [-0.15, -0.1) is 0 Å². The third-order valence-corrected chi connectivity index (χ3v) is 6.49. The Hall–Kier alpha value is -3.39. The Morgan fingerprint density at radius 2 is 1.71 bits per heavy atom. The van der Waals surface area contributed by atoms with Crippen LogP contribution in [0.15, 0.2) is 77.7 Å². The van der Waals surface area contributed by atoms with Gasteiger partial charge in [-0.1, -0.05) is 30.3 Å². The summed E-state index contributed by atoms with van der Waals surface area (Å²) in [4.78, 5) is 12.7. The van der Waals surface area contributed by atoms with Gasteiger partial charge in [0.15, 0.2) is 0 Å². The number of hydrogen-bond acceptors (Lipinski definition) is 4. The van der Waals surface area contributed by atoms with Crippen molar-refractivity contribution in [3.63, 3.8) is 0 Å². The number of amides is 1. The van der Waals surface area contributed by atoms with Crippen LogP contribution in [0, 0.1) is 12.7 Å². The molecule has 0 atom stereocenters. The summed E-state index contributed by atoms with van der Waals surface area (Å²) in [6.45, 7) is 1.30. The van der Waals surface area contributed by atoms with Crippen molar-refractivity contribution in [1.82, 2.24) is 5.32 Å². The second-order valence-electron chi connectivity index (χ2n) is 6.88. The molecule has 0 fully saturated rings. The summed E-state index contributed by atoms with van der Waals surface area (Å²) in [5, 5.41) is 2.66. The average molecular weight is 443 g/mol. The molecule has 8 heteroatoms. The van der Waals surface area contributed by atoms with Crippen LogP contribution in [0.4, 0.5) is 10.1 Å². The van der Waals surface area contributed by atoms with Gasteiger partial charge in [0, 0.05) is 6.54 Å². The maximum atomic E-state index is 13.7. The van der Waals surface area contributed by atoms with Crippen molar-refractivity contribution < 1.29 is 22.3 Å². The van der Waals surface area contributed by atoms with Crippen LogP contribution in [0.25, 0.3) is 0 Å². The molecule has 3 aromatic carbocycles. The van der Waals surface area contributed by atoms with E-state index in [9.17, 15) is 17.6 Å². The van der Waals surface area contributed by atoms with E-state index >= 15 is 0 Å². The zero-order valence-electron chi connectivity index (χ0n) is 17.2. The molecular weight excluding hydrogens is 419 g/mol. The lowest BCUT2D eigenvalue weighted by molar-refractivity contribution is -0.119. The number of carbonyl (C=O) groups is 1. The first kappa shape index (κ1) is 22.3. The van der Waals surface area contributed by atoms with E-state index in [0.29, 0.717) is 22.6 Å². The summed E-state index contributed by atoms with van der Waals surface area (Å²) in [7, 11) is -2.48. The standard InChI is InChI=1S/C23H23FN2O4S/c1-17-8-9-18(14-22(17)24)15-25-23(27)16-26(19-10-12-20(30-2)13-11-19)31(28,29)21-6-4-3-5-7-21/h3-14H,15-16H2,1-2H3,(H,25,27). The summed E-state index contributed by atoms with van der Waals surface area (Å²) < 4.78 is 46.4. The molecule has 31 heavy (non-hydrogen) atoms. The number of anilines is 1. The highest BCUT2D eigenvalue weighted by Gasteiger charge is 2.27. The fourth-order valence-corrected chi connectivity index (χ4v) is 4.36. The third kappa shape index (κ3) is 5.40. The lowest BCUT2D eigenvalue weighted by atomic mass is 10.1. The molecule has 1 N–H and O–H groups in total. The monoisotopic (exact) mass is 442 g/mol. The zero-order chi connectivity index (χ0) is 22.4. The zero-order valence-corrected chi connectivity index (χ0v) is 18.0. The maximum absolute atomic E-state index is 13.7. The SMILES string of the molecule is COc1ccc(N(CC(=O)NCc2ccc(C)c(F)c2)S(=O)(=O)c2ccccc2)cc1. The Kier molecular flexibility index (Phi) is 6.91. The Morgan fingerprint density at radius 1 is 1.03 bits per heavy atom. The highest BCUT2D eigenvalue weighted by molar-refractivity contribution is 7.92. The van der Waals surface area contributed by atoms with Crippen LogP contribution in [0.2, 0.25) is 0 Å². The molecule has 0 radical (unpaired) electrons. The van der Waals surface area contributed by atoms with Crippen molar-refractivity contribution in [1.29, 1.82) is 0 Å². The van der Waals surface area contributed by atoms with E-state index in [2.05, 4.69) is 5.32 Å². The molecule has 0 saturated heterocycles. The van der Waals surface area contributed by atoms with Crippen molar-refractivity contribution in [2.75, 3.05) is 18.0 Å². The number of methoxy groups -OCH3 is 1. The number of aryl methyl sites for hydroxylation is 1. The summed E-state index contributed by atoms with van der Waals surface area (Å²) >= 11 is 0. The highest BCUT2D eigenvalue weighted by Crippen LogP contribution is 2.25. The van der Waals surface area contributed by atoms with Gasteiger partial charge in [-0.2, -0.15) is 0 Å². The quantitative estimate of drug-likeness (QED) is 0.578. The van der Waals surface area contributed by atoms with E-state index in [1.807, 2.05) is 0 Å². The minimum Gasteiger partial charge on any atom is -0.497 e. The van der Waals surface area contributed by atoms with Crippen LogP contribution in [-0.2, 0) is 21.4 Å². The first-order valence-corrected chi connectivity index (χ1v) is 11.0. The van der Waals surface area contributed by atoms with Gasteiger partial charge >= 0.3 is 0 Å². The number of rotatable bonds is 8. The smallest absolute Gasteiger partial charge is 0.264 e. The Morgan fingerprint density at radius 3 is 2.32 bits per heavy atom. The normalized spacial score (nSPS) is 11.1. The van der Waals surface area contributed by atoms with Gasteiger partial charge < -0.3 is 10.1 Å². The molecule has 0 bridgehead atoms. The van der Waals surface area contributed by atoms with Crippen molar-refractivity contribution in [2.45, 2.75) is 18.4 Å². The van der Waals surface area contributed by atoms with Gasteiger partial charge in [0.1, 0.15) is 18.1 Å². The first-order valence-electron chi connectivity index (χ1n) is 9.55. The summed E-state index contributed by atoms with van der Waals surface area (Å²) in [6, 6.07) is 19.0. The van der Waals surface area contributed by atoms with Gasteiger partial charge in [0.25, 0.3) is 10.0 Å². The fraction of sp³-hybridized carbons (Fsp3) is 0.174. The minimum absolute atomic E-state index is 0.0687. The van der Waals surface area contributed by atoms with Gasteiger partial charge in [0.2, 0.25) is 5.91 Å². The van der Waals surface area contributed by atoms with Crippen molar-refractivity contribution in [3.05, 3.63) is 89.7 Å². The number of sulfonamides is 1. The van der Waals surface area contributed by atoms with Crippen LogP contribution in [0.1, 0.15) is 11.1 Å². The first-order chi connectivity index (χ1) is 14.8. The molecule has 162 valence electrons. The molecule has 0 aliphatic carbocycles. The van der Waals surface area contributed by atoms with Gasteiger partial charge in [-0.25, -0.2) is 12.8 Å². The van der Waals surface area contributed by atoms with Crippen LogP contribution in [0.5, 0.6) is 5.75 Å². The van der Waals surface area contributed by atoms with Crippen molar-refractivity contribution >= 4 is 21.6 Å². The third-order valence-electron chi connectivity index (χ3n) is 4.70. The molecule has 0 heterocycles. The van der Waals surface area contributed by atoms with Crippen LogP contribution >= 0.6 is 0 Å². The minimum atomic E-state index is -3.99. The lowest BCUT2D eigenvalue weighted by Crippen LogP contribution is -2.40. The number of carbonyl (C=O) groups excluding carboxylic acids is 1. The second kappa shape index (κ2) is 9.61. The maximum Gasteiger partial charge on any atom is 0.264 e. The molecule has 0 aliphatic heterocycles. The summed E-state index contributed by atoms with van der Waals surface area (Å²) in [5.74, 6) is -0.318. The average Bonchev–Trinajstić information content (AvgIpc) is 2.79. The highest BCUT2D eigenvalue weighted by atomic mass is 32.2. The van der Waals surface area contributed by atoms with Crippen molar-refractivity contribution in [2.24, 2.45) is 0 Å². The number of halogens is 1. The molecule has 3 aromatic rings. The van der Waals surface area contributed by atoms with E-state index in [1.54, 1.807) is 61.5 Å². The summed E-state index contributed by atoms with van der Waals surface area (Å²) in [5.41, 5.74) is 1.41. The number of ether oxygens (including phenoxy) is 1. The fourth-order valence-electron chi connectivity index (χ4n) is 2.92. The molecular formula is C23H23FN2O4S. The van der Waals surface area contributed by atoms with E-state index < -0.39 is 22.5 Å². The largest absolute Gasteiger partial charge is 0.497 e. The van der Waals surface area contributed by atoms with Crippen LogP contribution in [-0.4, -0.2) is 28.0 Å². The number of nitrogens with one attached hydrogen (secondary N) is 1. The predicted molar refractivity (Wildman–Crippen MR) is 117 cm³/mol. The second-order valence-corrected chi connectivity index (χ2v) is 8.75. The molecule has 1 amide bonds. The summed E-state index contributed by atoms with van der Waals surface area (Å²) in [6.07, 6.45) is 0. The predicted octanol–water partition coefficient (Wildman–Crippen LogP) is 3.65. The Bertz CT molecular complexity index is 1150. The number of benzene rings is 3. The van der Waals surface area contributed by atoms with E-state index in [4.69, 9.17) is 4.74 Å². The molecule has 0 aromatic heterocycles. The molecule has 3 rings (SSSR count). The van der Waals surface area contributed by atoms with Gasteiger partial charge in [0.05, 0.1) is 17.7 Å². The van der Waals surface area contributed by atoms with Gasteiger partial charge in [-0.05, 0) is 60.5 Å². The Labute approximate surface area is 181 Å². The van der Waals surface area contributed by atoms with Gasteiger partial charge in [-0.3, -0.25) is 9.10 Å². The van der Waals surface area contributed by atoms with Crippen LogP contribution < -0.4 is 14.4 Å². The molecule has 0 aliphatic rings. The van der Waals surface area contributed by atoms with Crippen LogP contribution in [0.3, 0.4) is 0 Å². The van der Waals surface area contributed by atoms with E-state index in [-0.39, 0.29) is 17.3 Å². The number of hydrogen-bond donors (Lipinski definition) is 1. The number of nitrogens with zero attached hydrogens (tertiary/aromatic N) is 1. The molecule has 0 spiro atoms. The van der Waals surface area contributed by atoms with Crippen molar-refractivity contribution in [3.8, 4) is 5.75 Å². The lowest BCUT2D eigenvalue weighted by Gasteiger charge is -2.24. The molecule has 6 nitrogen and oxygen atoms in total. The Balaban J connectivity index is 1.83. The molecule has 0 unspecified atom stereocenters. The topological polar surface area (TPSA) is 75.7 Å². The van der Waals surface area contributed by atoms with E-state index in [0.717, 1.165) is 4.31 Å². The van der Waals surface area contributed by atoms with E-state index in [1.165, 1.54) is 25.3 Å².